The lowest BCUT2D eigenvalue weighted by Crippen LogP contribution is -2.44. The van der Waals surface area contributed by atoms with Crippen molar-refractivity contribution >= 4 is 17.8 Å². The molecule has 1 saturated heterocycles. The number of thioether (sulfide) groups is 1. The van der Waals surface area contributed by atoms with E-state index in [2.05, 4.69) is 17.4 Å². The number of carbonyl (C=O) groups excluding carboxylic acids is 1. The zero-order chi connectivity index (χ0) is 16.8. The molecule has 126 valence electrons. The molecule has 0 aromatic heterocycles. The Morgan fingerprint density at radius 3 is 2.67 bits per heavy atom. The molecule has 2 amide bonds. The molecule has 1 unspecified atom stereocenters. The molecule has 1 N–H and O–H groups in total. The molecule has 2 aromatic carbocycles. The van der Waals surface area contributed by atoms with E-state index < -0.39 is 0 Å². The normalized spacial score (nSPS) is 17.4. The molecule has 1 fully saturated rings. The van der Waals surface area contributed by atoms with Crippen LogP contribution in [0.5, 0.6) is 5.75 Å². The minimum Gasteiger partial charge on any atom is -0.497 e. The van der Waals surface area contributed by atoms with Crippen molar-refractivity contribution in [3.8, 4) is 5.75 Å². The van der Waals surface area contributed by atoms with Gasteiger partial charge in [0.25, 0.3) is 0 Å². The average Bonchev–Trinajstić information content (AvgIpc) is 2.67. The molecule has 1 atom stereocenters. The molecule has 0 spiro atoms. The quantitative estimate of drug-likeness (QED) is 0.921. The first-order chi connectivity index (χ1) is 11.8. The molecule has 4 nitrogen and oxygen atoms in total. The second-order valence-electron chi connectivity index (χ2n) is 5.72. The van der Waals surface area contributed by atoms with E-state index in [9.17, 15) is 4.79 Å². The van der Waals surface area contributed by atoms with E-state index in [0.717, 1.165) is 30.2 Å². The summed E-state index contributed by atoms with van der Waals surface area (Å²) in [6, 6.07) is 18.1. The van der Waals surface area contributed by atoms with Crippen molar-refractivity contribution in [2.75, 3.05) is 26.0 Å². The fraction of sp³-hybridized carbons (Fsp3) is 0.316. The molecule has 1 heterocycles. The Morgan fingerprint density at radius 2 is 1.96 bits per heavy atom. The average molecular weight is 342 g/mol. The van der Waals surface area contributed by atoms with Gasteiger partial charge >= 0.3 is 6.03 Å². The second kappa shape index (κ2) is 8.11. The summed E-state index contributed by atoms with van der Waals surface area (Å²) in [7, 11) is 1.67. The van der Waals surface area contributed by atoms with Crippen molar-refractivity contribution < 1.29 is 9.53 Å². The largest absolute Gasteiger partial charge is 0.497 e. The van der Waals surface area contributed by atoms with Crippen molar-refractivity contribution in [2.24, 2.45) is 0 Å². The summed E-state index contributed by atoms with van der Waals surface area (Å²) in [5.41, 5.74) is 2.35. The van der Waals surface area contributed by atoms with Crippen LogP contribution >= 0.6 is 11.8 Å². The zero-order valence-corrected chi connectivity index (χ0v) is 14.6. The smallest absolute Gasteiger partial charge is 0.317 e. The van der Waals surface area contributed by atoms with Gasteiger partial charge in [-0.1, -0.05) is 42.5 Å². The first kappa shape index (κ1) is 16.7. The van der Waals surface area contributed by atoms with Gasteiger partial charge in [-0.25, -0.2) is 4.79 Å². The predicted octanol–water partition coefficient (Wildman–Crippen LogP) is 3.69. The van der Waals surface area contributed by atoms with Crippen molar-refractivity contribution in [2.45, 2.75) is 11.8 Å². The van der Waals surface area contributed by atoms with Gasteiger partial charge in [0.2, 0.25) is 0 Å². The summed E-state index contributed by atoms with van der Waals surface area (Å²) >= 11 is 1.90. The van der Waals surface area contributed by atoms with Gasteiger partial charge in [0.15, 0.2) is 0 Å². The van der Waals surface area contributed by atoms with Crippen LogP contribution in [-0.4, -0.2) is 36.9 Å². The summed E-state index contributed by atoms with van der Waals surface area (Å²) in [6.45, 7) is 2.09. The molecule has 5 heteroatoms. The van der Waals surface area contributed by atoms with Crippen LogP contribution in [-0.2, 0) is 6.54 Å². The van der Waals surface area contributed by atoms with E-state index in [4.69, 9.17) is 4.74 Å². The summed E-state index contributed by atoms with van der Waals surface area (Å²) in [5, 5.41) is 3.33. The Bertz CT molecular complexity index is 661. The van der Waals surface area contributed by atoms with Crippen molar-refractivity contribution in [1.82, 2.24) is 10.2 Å². The van der Waals surface area contributed by atoms with Gasteiger partial charge < -0.3 is 15.0 Å². The number of hydrogen-bond donors (Lipinski definition) is 1. The maximum Gasteiger partial charge on any atom is 0.317 e. The fourth-order valence-electron chi connectivity index (χ4n) is 2.74. The van der Waals surface area contributed by atoms with Crippen LogP contribution in [0.25, 0.3) is 0 Å². The summed E-state index contributed by atoms with van der Waals surface area (Å²) in [5.74, 6) is 1.81. The van der Waals surface area contributed by atoms with Crippen LogP contribution in [0, 0.1) is 0 Å². The van der Waals surface area contributed by atoms with Crippen molar-refractivity contribution in [1.29, 1.82) is 0 Å². The van der Waals surface area contributed by atoms with Gasteiger partial charge in [0, 0.05) is 30.6 Å². The van der Waals surface area contributed by atoms with E-state index in [1.54, 1.807) is 7.11 Å². The molecule has 0 radical (unpaired) electrons. The lowest BCUT2D eigenvalue weighted by atomic mass is 10.1. The van der Waals surface area contributed by atoms with Crippen LogP contribution in [0.2, 0.25) is 0 Å². The van der Waals surface area contributed by atoms with Gasteiger partial charge in [-0.05, 0) is 23.3 Å². The number of urea groups is 1. The van der Waals surface area contributed by atoms with E-state index >= 15 is 0 Å². The van der Waals surface area contributed by atoms with Gasteiger partial charge in [-0.15, -0.1) is 0 Å². The molecule has 1 aliphatic rings. The number of rotatable bonds is 4. The number of nitrogens with zero attached hydrogens (tertiary/aromatic N) is 1. The first-order valence-electron chi connectivity index (χ1n) is 8.08. The highest BCUT2D eigenvalue weighted by Gasteiger charge is 2.25. The summed E-state index contributed by atoms with van der Waals surface area (Å²) in [6.07, 6.45) is 0. The standard InChI is InChI=1S/C19H22N2O2S/c1-23-17-9-7-16(8-10-17)18-14-21(11-12-24-18)19(22)20-13-15-5-3-2-4-6-15/h2-10,18H,11-14H2,1H3,(H,20,22). The Kier molecular flexibility index (Phi) is 5.64. The maximum atomic E-state index is 12.4. The Balaban J connectivity index is 1.57. The first-order valence-corrected chi connectivity index (χ1v) is 9.13. The fourth-order valence-corrected chi connectivity index (χ4v) is 3.98. The maximum absolute atomic E-state index is 12.4. The number of nitrogens with one attached hydrogen (secondary N) is 1. The molecular weight excluding hydrogens is 320 g/mol. The monoisotopic (exact) mass is 342 g/mol. The third kappa shape index (κ3) is 4.23. The Labute approximate surface area is 147 Å². The highest BCUT2D eigenvalue weighted by Crippen LogP contribution is 2.33. The number of hydrogen-bond acceptors (Lipinski definition) is 3. The third-order valence-electron chi connectivity index (χ3n) is 4.13. The van der Waals surface area contributed by atoms with E-state index in [-0.39, 0.29) is 6.03 Å². The van der Waals surface area contributed by atoms with Crippen LogP contribution in [0.1, 0.15) is 16.4 Å². The van der Waals surface area contributed by atoms with E-state index in [0.29, 0.717) is 11.8 Å². The Hall–Kier alpha value is -2.14. The van der Waals surface area contributed by atoms with Gasteiger partial charge in [0.1, 0.15) is 5.75 Å². The molecule has 1 aliphatic heterocycles. The number of benzene rings is 2. The van der Waals surface area contributed by atoms with Crippen LogP contribution in [0.3, 0.4) is 0 Å². The number of carbonyl (C=O) groups is 1. The van der Waals surface area contributed by atoms with E-state index in [1.807, 2.05) is 59.1 Å². The molecule has 0 saturated carbocycles. The predicted molar refractivity (Wildman–Crippen MR) is 98.4 cm³/mol. The SMILES string of the molecule is COc1ccc(C2CN(C(=O)NCc3ccccc3)CCS2)cc1. The molecular formula is C19H22N2O2S. The molecule has 0 bridgehead atoms. The molecule has 0 aliphatic carbocycles. The van der Waals surface area contributed by atoms with Crippen molar-refractivity contribution in [3.63, 3.8) is 0 Å². The second-order valence-corrected chi connectivity index (χ2v) is 7.03. The highest BCUT2D eigenvalue weighted by atomic mass is 32.2. The summed E-state index contributed by atoms with van der Waals surface area (Å²) in [4.78, 5) is 14.3. The van der Waals surface area contributed by atoms with Crippen LogP contribution in [0.15, 0.2) is 54.6 Å². The number of amides is 2. The third-order valence-corrected chi connectivity index (χ3v) is 5.37. The molecule has 2 aromatic rings. The lowest BCUT2D eigenvalue weighted by molar-refractivity contribution is 0.199. The van der Waals surface area contributed by atoms with Gasteiger partial charge in [0.05, 0.1) is 7.11 Å². The minimum absolute atomic E-state index is 0.0117. The topological polar surface area (TPSA) is 41.6 Å². The van der Waals surface area contributed by atoms with Crippen LogP contribution in [0.4, 0.5) is 4.79 Å². The lowest BCUT2D eigenvalue weighted by Gasteiger charge is -2.32. The molecule has 3 rings (SSSR count). The number of methoxy groups -OCH3 is 1. The van der Waals surface area contributed by atoms with Crippen molar-refractivity contribution in [3.05, 3.63) is 65.7 Å². The highest BCUT2D eigenvalue weighted by molar-refractivity contribution is 7.99. The van der Waals surface area contributed by atoms with Gasteiger partial charge in [-0.2, -0.15) is 11.8 Å². The van der Waals surface area contributed by atoms with Gasteiger partial charge in [-0.3, -0.25) is 0 Å². The zero-order valence-electron chi connectivity index (χ0n) is 13.8. The minimum atomic E-state index is 0.0117. The summed E-state index contributed by atoms with van der Waals surface area (Å²) < 4.78 is 5.21. The van der Waals surface area contributed by atoms with Crippen LogP contribution < -0.4 is 10.1 Å². The molecule has 24 heavy (non-hydrogen) atoms. The van der Waals surface area contributed by atoms with E-state index in [1.165, 1.54) is 5.56 Å². The Morgan fingerprint density at radius 1 is 1.21 bits per heavy atom. The number of ether oxygens (including phenoxy) is 1.